The summed E-state index contributed by atoms with van der Waals surface area (Å²) in [6.45, 7) is 0. The van der Waals surface area contributed by atoms with Crippen LogP contribution in [0.1, 0.15) is 11.3 Å². The summed E-state index contributed by atoms with van der Waals surface area (Å²) in [7, 11) is 8.64. The number of benzene rings is 2. The van der Waals surface area contributed by atoms with Crippen molar-refractivity contribution in [3.63, 3.8) is 0 Å². The molecule has 0 atom stereocenters. The molecule has 1 heterocycles. The minimum Gasteiger partial charge on any atom is -1.00 e. The van der Waals surface area contributed by atoms with Gasteiger partial charge in [-0.05, 0) is 35.2 Å². The van der Waals surface area contributed by atoms with Crippen LogP contribution in [0.15, 0.2) is 42.6 Å². The largest absolute Gasteiger partial charge is 1.00 e. The van der Waals surface area contributed by atoms with Gasteiger partial charge in [0.25, 0.3) is 0 Å². The third kappa shape index (κ3) is 4.21. The van der Waals surface area contributed by atoms with Gasteiger partial charge in [-0.25, -0.2) is 4.57 Å². The maximum absolute atomic E-state index is 5.49. The maximum atomic E-state index is 5.49. The van der Waals surface area contributed by atoms with Crippen LogP contribution < -0.4 is 47.5 Å². The van der Waals surface area contributed by atoms with Crippen LogP contribution in [-0.4, -0.2) is 28.4 Å². The fourth-order valence-corrected chi connectivity index (χ4v) is 3.16. The fraction of sp³-hybridized carbons (Fsp3) is 0.286. The first-order valence-corrected chi connectivity index (χ1v) is 8.35. The topological polar surface area (TPSA) is 40.8 Å². The number of aromatic nitrogens is 1. The lowest BCUT2D eigenvalue weighted by atomic mass is 10.0. The molecule has 0 fully saturated rings. The lowest BCUT2D eigenvalue weighted by Crippen LogP contribution is -3.00. The number of pyridine rings is 1. The van der Waals surface area contributed by atoms with Crippen molar-refractivity contribution >= 4 is 10.8 Å². The highest BCUT2D eigenvalue weighted by atomic mass is 127. The Bertz CT molecular complexity index is 943. The Kier molecular flexibility index (Phi) is 7.12. The molecule has 0 bridgehead atoms. The van der Waals surface area contributed by atoms with E-state index < -0.39 is 0 Å². The molecule has 0 aliphatic rings. The molecule has 0 saturated carbocycles. The molecule has 144 valence electrons. The van der Waals surface area contributed by atoms with Crippen LogP contribution in [0.25, 0.3) is 10.8 Å². The average molecular weight is 481 g/mol. The minimum absolute atomic E-state index is 0. The van der Waals surface area contributed by atoms with Gasteiger partial charge in [-0.15, -0.1) is 0 Å². The summed E-state index contributed by atoms with van der Waals surface area (Å²) in [5.41, 5.74) is 2.32. The quantitative estimate of drug-likeness (QED) is 0.375. The first-order chi connectivity index (χ1) is 12.6. The van der Waals surface area contributed by atoms with Crippen LogP contribution in [-0.2, 0) is 13.5 Å². The number of methoxy groups -OCH3 is 4. The molecule has 0 aliphatic heterocycles. The number of halogens is 1. The third-order valence-corrected chi connectivity index (χ3v) is 4.59. The van der Waals surface area contributed by atoms with Crippen molar-refractivity contribution < 1.29 is 47.5 Å². The molecular weight excluding hydrogens is 457 g/mol. The molecule has 6 heteroatoms. The number of fused-ring (bicyclic) bond motifs is 1. The Morgan fingerprint density at radius 1 is 0.741 bits per heavy atom. The van der Waals surface area contributed by atoms with Gasteiger partial charge in [0.2, 0.25) is 0 Å². The second-order valence-electron chi connectivity index (χ2n) is 6.03. The van der Waals surface area contributed by atoms with Gasteiger partial charge in [-0.1, -0.05) is 6.07 Å². The van der Waals surface area contributed by atoms with E-state index in [-0.39, 0.29) is 24.0 Å². The highest BCUT2D eigenvalue weighted by Crippen LogP contribution is 2.34. The summed E-state index contributed by atoms with van der Waals surface area (Å²) in [5.74, 6) is 2.91. The zero-order chi connectivity index (χ0) is 18.7. The molecule has 0 unspecified atom stereocenters. The van der Waals surface area contributed by atoms with Gasteiger partial charge in [0, 0.05) is 6.07 Å². The Hall–Kier alpha value is -2.22. The van der Waals surface area contributed by atoms with Crippen LogP contribution >= 0.6 is 0 Å². The van der Waals surface area contributed by atoms with Gasteiger partial charge >= 0.3 is 0 Å². The highest BCUT2D eigenvalue weighted by Gasteiger charge is 2.17. The summed E-state index contributed by atoms with van der Waals surface area (Å²) in [4.78, 5) is 0. The second kappa shape index (κ2) is 9.12. The van der Waals surface area contributed by atoms with Crippen molar-refractivity contribution in [1.29, 1.82) is 0 Å². The number of rotatable bonds is 6. The van der Waals surface area contributed by atoms with E-state index >= 15 is 0 Å². The van der Waals surface area contributed by atoms with Gasteiger partial charge in [0.05, 0.1) is 40.2 Å². The lowest BCUT2D eigenvalue weighted by molar-refractivity contribution is -0.677. The molecule has 3 aromatic rings. The van der Waals surface area contributed by atoms with E-state index in [1.165, 1.54) is 5.69 Å². The summed E-state index contributed by atoms with van der Waals surface area (Å²) in [6.07, 6.45) is 2.81. The smallest absolute Gasteiger partial charge is 0.193 e. The SMILES string of the molecule is COc1ccc(Cc2c3cc(OC)c(OC)cc3cc[n+]2C)cc1OC.[I-]. The number of hydrogen-bond acceptors (Lipinski definition) is 4. The third-order valence-electron chi connectivity index (χ3n) is 4.59. The van der Waals surface area contributed by atoms with E-state index in [1.54, 1.807) is 28.4 Å². The van der Waals surface area contributed by atoms with Gasteiger partial charge in [-0.3, -0.25) is 0 Å². The van der Waals surface area contributed by atoms with Crippen molar-refractivity contribution in [2.24, 2.45) is 7.05 Å². The first-order valence-electron chi connectivity index (χ1n) is 8.35. The number of aryl methyl sites for hydroxylation is 1. The molecule has 1 aromatic heterocycles. The molecule has 2 aromatic carbocycles. The molecule has 27 heavy (non-hydrogen) atoms. The van der Waals surface area contributed by atoms with E-state index in [9.17, 15) is 0 Å². The average Bonchev–Trinajstić information content (AvgIpc) is 2.68. The van der Waals surface area contributed by atoms with E-state index in [0.717, 1.165) is 45.8 Å². The number of hydrogen-bond donors (Lipinski definition) is 0. The van der Waals surface area contributed by atoms with Gasteiger partial charge in [-0.2, -0.15) is 0 Å². The maximum Gasteiger partial charge on any atom is 0.193 e. The minimum atomic E-state index is 0. The second-order valence-corrected chi connectivity index (χ2v) is 6.03. The monoisotopic (exact) mass is 481 g/mol. The van der Waals surface area contributed by atoms with Crippen LogP contribution in [0.4, 0.5) is 0 Å². The van der Waals surface area contributed by atoms with Crippen molar-refractivity contribution in [3.8, 4) is 23.0 Å². The van der Waals surface area contributed by atoms with Crippen molar-refractivity contribution in [2.45, 2.75) is 6.42 Å². The molecule has 5 nitrogen and oxygen atoms in total. The summed E-state index contributed by atoms with van der Waals surface area (Å²) in [5, 5.41) is 2.23. The molecule has 3 rings (SSSR count). The van der Waals surface area contributed by atoms with Gasteiger partial charge in [0.15, 0.2) is 34.9 Å². The summed E-state index contributed by atoms with van der Waals surface area (Å²) >= 11 is 0. The number of ether oxygens (including phenoxy) is 4. The predicted octanol–water partition coefficient (Wildman–Crippen LogP) is 0.294. The van der Waals surface area contributed by atoms with Gasteiger partial charge in [0.1, 0.15) is 7.05 Å². The molecule has 0 amide bonds. The Morgan fingerprint density at radius 3 is 1.96 bits per heavy atom. The van der Waals surface area contributed by atoms with E-state index in [1.807, 2.05) is 31.3 Å². The van der Waals surface area contributed by atoms with Crippen LogP contribution in [0.5, 0.6) is 23.0 Å². The van der Waals surface area contributed by atoms with Crippen LogP contribution in [0.2, 0.25) is 0 Å². The van der Waals surface area contributed by atoms with E-state index in [2.05, 4.69) is 22.9 Å². The molecule has 0 N–H and O–H groups in total. The zero-order valence-corrected chi connectivity index (χ0v) is 18.4. The van der Waals surface area contributed by atoms with Crippen LogP contribution in [0.3, 0.4) is 0 Å². The Morgan fingerprint density at radius 2 is 1.33 bits per heavy atom. The fourth-order valence-electron chi connectivity index (χ4n) is 3.16. The van der Waals surface area contributed by atoms with Crippen molar-refractivity contribution in [2.75, 3.05) is 28.4 Å². The van der Waals surface area contributed by atoms with E-state index in [4.69, 9.17) is 18.9 Å². The standard InChI is InChI=1S/C21H24NO4.HI/c1-22-9-8-15-12-20(25-4)21(26-5)13-16(15)17(22)10-14-6-7-18(23-2)19(11-14)24-3;/h6-9,11-13H,10H2,1-5H3;1H/q+1;/p-1. The molecular formula is C21H24INO4. The van der Waals surface area contributed by atoms with Crippen LogP contribution in [0, 0.1) is 0 Å². The Labute approximate surface area is 176 Å². The predicted molar refractivity (Wildman–Crippen MR) is 101 cm³/mol. The summed E-state index contributed by atoms with van der Waals surface area (Å²) in [6, 6.07) is 12.1. The Balaban J connectivity index is 0.00000261. The first kappa shape index (κ1) is 21.1. The van der Waals surface area contributed by atoms with Crippen molar-refractivity contribution in [3.05, 3.63) is 53.9 Å². The zero-order valence-electron chi connectivity index (χ0n) is 16.2. The summed E-state index contributed by atoms with van der Waals surface area (Å²) < 4.78 is 23.8. The molecule has 0 saturated heterocycles. The molecule has 0 radical (unpaired) electrons. The molecule has 0 spiro atoms. The normalized spacial score (nSPS) is 10.3. The van der Waals surface area contributed by atoms with Crippen molar-refractivity contribution in [1.82, 2.24) is 0 Å². The van der Waals surface area contributed by atoms with Gasteiger partial charge < -0.3 is 42.9 Å². The number of nitrogens with zero attached hydrogens (tertiary/aromatic N) is 1. The molecule has 0 aliphatic carbocycles. The lowest BCUT2D eigenvalue weighted by Gasteiger charge is -2.12. The highest BCUT2D eigenvalue weighted by molar-refractivity contribution is 5.87. The van der Waals surface area contributed by atoms with E-state index in [0.29, 0.717) is 0 Å².